The van der Waals surface area contributed by atoms with Crippen molar-refractivity contribution in [1.29, 1.82) is 0 Å². The van der Waals surface area contributed by atoms with E-state index in [9.17, 15) is 13.2 Å². The summed E-state index contributed by atoms with van der Waals surface area (Å²) in [6, 6.07) is 12.0. The van der Waals surface area contributed by atoms with E-state index >= 15 is 0 Å². The molecule has 2 N–H and O–H groups in total. The van der Waals surface area contributed by atoms with E-state index in [1.807, 2.05) is 6.07 Å². The van der Waals surface area contributed by atoms with Crippen LogP contribution in [0.1, 0.15) is 21.3 Å². The standard InChI is InChI=1S/C22H20Cl2N4O3S2.2H2/c23-14-1-6-18(19(24)11-14)22(7-8-22)20(29)26-15-12-28(13-15)16-2-4-17(5-3-16)33(30,31)27-21-25-9-10-32-21;;/h1-6,9-11,15H,7-8,12-13H2,(H,25,27)(H,26,29);2*1H. The Labute approximate surface area is 208 Å². The van der Waals surface area contributed by atoms with Crippen molar-refractivity contribution in [2.24, 2.45) is 0 Å². The summed E-state index contributed by atoms with van der Waals surface area (Å²) < 4.78 is 27.4. The zero-order chi connectivity index (χ0) is 23.2. The second kappa shape index (κ2) is 8.47. The molecular weight excluding hydrogens is 503 g/mol. The lowest BCUT2D eigenvalue weighted by atomic mass is 9.94. The highest BCUT2D eigenvalue weighted by Crippen LogP contribution is 2.51. The van der Waals surface area contributed by atoms with Gasteiger partial charge in [-0.25, -0.2) is 13.4 Å². The van der Waals surface area contributed by atoms with Gasteiger partial charge < -0.3 is 10.2 Å². The maximum Gasteiger partial charge on any atom is 0.263 e. The number of carbonyl (C=O) groups excluding carboxylic acids is 1. The predicted molar refractivity (Wildman–Crippen MR) is 135 cm³/mol. The van der Waals surface area contributed by atoms with Crippen LogP contribution in [0.4, 0.5) is 10.8 Å². The number of thiazole rings is 1. The molecule has 11 heteroatoms. The number of amides is 1. The average Bonchev–Trinajstić information content (AvgIpc) is 3.40. The zero-order valence-corrected chi connectivity index (χ0v) is 20.4. The number of rotatable bonds is 7. The Morgan fingerprint density at radius 1 is 1.15 bits per heavy atom. The van der Waals surface area contributed by atoms with Gasteiger partial charge in [0.2, 0.25) is 5.91 Å². The van der Waals surface area contributed by atoms with E-state index in [0.717, 1.165) is 24.1 Å². The Kier molecular flexibility index (Phi) is 5.76. The minimum Gasteiger partial charge on any atom is -0.367 e. The Hall–Kier alpha value is -2.33. The molecule has 3 aromatic rings. The first-order valence-corrected chi connectivity index (χ1v) is 13.4. The van der Waals surface area contributed by atoms with Gasteiger partial charge in [0, 0.05) is 43.3 Å². The van der Waals surface area contributed by atoms with Crippen molar-refractivity contribution in [3.8, 4) is 0 Å². The molecule has 1 saturated carbocycles. The first-order chi connectivity index (χ1) is 15.8. The van der Waals surface area contributed by atoms with E-state index in [4.69, 9.17) is 23.2 Å². The smallest absolute Gasteiger partial charge is 0.263 e. The number of nitrogens with zero attached hydrogens (tertiary/aromatic N) is 2. The lowest BCUT2D eigenvalue weighted by molar-refractivity contribution is -0.124. The normalized spacial score (nSPS) is 17.3. The molecule has 1 aromatic heterocycles. The summed E-state index contributed by atoms with van der Waals surface area (Å²) in [5, 5.41) is 6.23. The van der Waals surface area contributed by atoms with Crippen molar-refractivity contribution in [1.82, 2.24) is 10.3 Å². The molecule has 33 heavy (non-hydrogen) atoms. The van der Waals surface area contributed by atoms with E-state index in [2.05, 4.69) is 19.9 Å². The average molecular weight is 527 g/mol. The third-order valence-electron chi connectivity index (χ3n) is 6.01. The molecule has 2 heterocycles. The molecule has 0 bridgehead atoms. The van der Waals surface area contributed by atoms with Crippen molar-refractivity contribution in [3.63, 3.8) is 0 Å². The van der Waals surface area contributed by atoms with Crippen LogP contribution in [0, 0.1) is 0 Å². The lowest BCUT2D eigenvalue weighted by Crippen LogP contribution is -2.60. The molecule has 2 aliphatic rings. The summed E-state index contributed by atoms with van der Waals surface area (Å²) >= 11 is 13.6. The molecule has 1 aliphatic heterocycles. The van der Waals surface area contributed by atoms with Gasteiger partial charge in [0.15, 0.2) is 5.13 Å². The lowest BCUT2D eigenvalue weighted by Gasteiger charge is -2.42. The minimum atomic E-state index is -3.68. The van der Waals surface area contributed by atoms with E-state index in [-0.39, 0.29) is 19.7 Å². The van der Waals surface area contributed by atoms with Gasteiger partial charge in [0.1, 0.15) is 0 Å². The molecular formula is C22H24Cl2N4O3S2. The highest BCUT2D eigenvalue weighted by molar-refractivity contribution is 7.93. The topological polar surface area (TPSA) is 91.4 Å². The first kappa shape index (κ1) is 22.5. The van der Waals surface area contributed by atoms with E-state index in [1.54, 1.807) is 48.0 Å². The number of carbonyl (C=O) groups is 1. The third kappa shape index (κ3) is 4.42. The summed E-state index contributed by atoms with van der Waals surface area (Å²) in [6.07, 6.45) is 3.07. The Bertz CT molecular complexity index is 1300. The van der Waals surface area contributed by atoms with Crippen LogP contribution in [0.15, 0.2) is 58.9 Å². The second-order valence-electron chi connectivity index (χ2n) is 8.22. The van der Waals surface area contributed by atoms with E-state index in [1.165, 1.54) is 11.3 Å². The number of sulfonamides is 1. The highest BCUT2D eigenvalue weighted by Gasteiger charge is 2.53. The molecule has 0 spiro atoms. The van der Waals surface area contributed by atoms with Gasteiger partial charge >= 0.3 is 0 Å². The van der Waals surface area contributed by atoms with Crippen molar-refractivity contribution in [2.75, 3.05) is 22.7 Å². The quantitative estimate of drug-likeness (QED) is 0.462. The van der Waals surface area contributed by atoms with Gasteiger partial charge in [0.25, 0.3) is 10.0 Å². The molecule has 1 saturated heterocycles. The SMILES string of the molecule is O=C(NC1CN(c2ccc(S(=O)(=O)Nc3nccs3)cc2)C1)C1(c2ccc(Cl)cc2Cl)CC1.[HH].[HH]. The van der Waals surface area contributed by atoms with Gasteiger partial charge in [-0.15, -0.1) is 11.3 Å². The third-order valence-corrected chi connectivity index (χ3v) is 8.73. The van der Waals surface area contributed by atoms with Crippen LogP contribution in [0.25, 0.3) is 0 Å². The zero-order valence-electron chi connectivity index (χ0n) is 17.3. The minimum absolute atomic E-state index is 0. The molecule has 2 aromatic carbocycles. The monoisotopic (exact) mass is 526 g/mol. The van der Waals surface area contributed by atoms with Gasteiger partial charge in [-0.2, -0.15) is 0 Å². The van der Waals surface area contributed by atoms with Crippen LogP contribution in [0.2, 0.25) is 10.0 Å². The van der Waals surface area contributed by atoms with Crippen molar-refractivity contribution >= 4 is 61.3 Å². The molecule has 0 unspecified atom stereocenters. The molecule has 5 rings (SSSR count). The molecule has 0 atom stereocenters. The second-order valence-corrected chi connectivity index (χ2v) is 11.6. The van der Waals surface area contributed by atoms with Crippen LogP contribution in [-0.2, 0) is 20.2 Å². The van der Waals surface area contributed by atoms with E-state index < -0.39 is 15.4 Å². The maximum atomic E-state index is 13.0. The van der Waals surface area contributed by atoms with Crippen LogP contribution >= 0.6 is 34.5 Å². The fraction of sp³-hybridized carbons (Fsp3) is 0.273. The molecule has 1 aliphatic carbocycles. The maximum absolute atomic E-state index is 13.0. The van der Waals surface area contributed by atoms with Crippen LogP contribution in [0.3, 0.4) is 0 Å². The fourth-order valence-corrected chi connectivity index (χ4v) is 6.39. The van der Waals surface area contributed by atoms with Crippen molar-refractivity contribution in [3.05, 3.63) is 69.7 Å². The fourth-order valence-electron chi connectivity index (χ4n) is 4.01. The summed E-state index contributed by atoms with van der Waals surface area (Å²) in [5.41, 5.74) is 1.16. The van der Waals surface area contributed by atoms with Gasteiger partial charge in [-0.3, -0.25) is 9.52 Å². The Morgan fingerprint density at radius 2 is 1.88 bits per heavy atom. The predicted octanol–water partition coefficient (Wildman–Crippen LogP) is 4.78. The summed E-state index contributed by atoms with van der Waals surface area (Å²) in [7, 11) is -3.68. The van der Waals surface area contributed by atoms with Gasteiger partial charge in [0.05, 0.1) is 16.4 Å². The molecule has 0 radical (unpaired) electrons. The first-order valence-electron chi connectivity index (χ1n) is 10.3. The number of benzene rings is 2. The number of aromatic nitrogens is 1. The Morgan fingerprint density at radius 3 is 2.48 bits per heavy atom. The summed E-state index contributed by atoms with van der Waals surface area (Å²) in [4.78, 5) is 19.2. The van der Waals surface area contributed by atoms with Crippen LogP contribution < -0.4 is 14.9 Å². The highest BCUT2D eigenvalue weighted by atomic mass is 35.5. The Balaban J connectivity index is 0.00000171. The van der Waals surface area contributed by atoms with Crippen molar-refractivity contribution in [2.45, 2.75) is 29.2 Å². The van der Waals surface area contributed by atoms with E-state index in [0.29, 0.717) is 28.3 Å². The summed E-state index contributed by atoms with van der Waals surface area (Å²) in [6.45, 7) is 1.30. The number of hydrogen-bond acceptors (Lipinski definition) is 6. The van der Waals surface area contributed by atoms with Crippen LogP contribution in [-0.4, -0.2) is 38.4 Å². The van der Waals surface area contributed by atoms with Gasteiger partial charge in [-0.1, -0.05) is 29.3 Å². The summed E-state index contributed by atoms with van der Waals surface area (Å²) in [5.74, 6) is -0.00826. The molecule has 7 nitrogen and oxygen atoms in total. The largest absolute Gasteiger partial charge is 0.367 e. The van der Waals surface area contributed by atoms with Crippen LogP contribution in [0.5, 0.6) is 0 Å². The van der Waals surface area contributed by atoms with Crippen molar-refractivity contribution < 1.29 is 16.1 Å². The molecule has 1 amide bonds. The molecule has 176 valence electrons. The number of halogens is 2. The number of anilines is 2. The van der Waals surface area contributed by atoms with Gasteiger partial charge in [-0.05, 0) is 54.8 Å². The number of nitrogens with one attached hydrogen (secondary N) is 2. The molecule has 2 fully saturated rings. The number of hydrogen-bond donors (Lipinski definition) is 2.